The molecule has 1 heterocycles. The van der Waals surface area contributed by atoms with Gasteiger partial charge in [-0.05, 0) is 48.4 Å². The highest BCUT2D eigenvalue weighted by atomic mass is 35.5. The first-order chi connectivity index (χ1) is 10.1. The summed E-state index contributed by atoms with van der Waals surface area (Å²) in [5.74, 6) is -0.135. The number of anilines is 1. The van der Waals surface area contributed by atoms with Gasteiger partial charge in [0.2, 0.25) is 5.91 Å². The maximum atomic E-state index is 13.1. The Morgan fingerprint density at radius 1 is 1.29 bits per heavy atom. The van der Waals surface area contributed by atoms with Gasteiger partial charge in [-0.25, -0.2) is 4.39 Å². The first-order valence-corrected chi connectivity index (χ1v) is 6.97. The van der Waals surface area contributed by atoms with E-state index in [9.17, 15) is 9.18 Å². The molecule has 1 aliphatic heterocycles. The summed E-state index contributed by atoms with van der Waals surface area (Å²) >= 11 is 5.95. The fourth-order valence-electron chi connectivity index (χ4n) is 2.34. The molecule has 0 unspecified atom stereocenters. The van der Waals surface area contributed by atoms with Gasteiger partial charge in [0.15, 0.2) is 0 Å². The van der Waals surface area contributed by atoms with Crippen molar-refractivity contribution in [2.24, 2.45) is 5.92 Å². The Hall–Kier alpha value is -2.07. The molecule has 21 heavy (non-hydrogen) atoms. The minimum absolute atomic E-state index is 0.189. The Labute approximate surface area is 126 Å². The van der Waals surface area contributed by atoms with Crippen molar-refractivity contribution in [3.05, 3.63) is 58.9 Å². The maximum Gasteiger partial charge on any atom is 0.231 e. The number of hydrogen-bond donors (Lipinski definition) is 1. The lowest BCUT2D eigenvalue weighted by atomic mass is 9.96. The third-order valence-electron chi connectivity index (χ3n) is 3.39. The Bertz CT molecular complexity index is 690. The van der Waals surface area contributed by atoms with E-state index in [0.717, 1.165) is 11.3 Å². The van der Waals surface area contributed by atoms with Crippen molar-refractivity contribution >= 4 is 23.2 Å². The fraction of sp³-hybridized carbons (Fsp3) is 0.188. The largest absolute Gasteiger partial charge is 0.492 e. The van der Waals surface area contributed by atoms with Crippen LogP contribution in [-0.4, -0.2) is 12.5 Å². The van der Waals surface area contributed by atoms with Crippen LogP contribution in [0, 0.1) is 11.7 Å². The first-order valence-electron chi connectivity index (χ1n) is 6.59. The lowest BCUT2D eigenvalue weighted by Crippen LogP contribution is -2.32. The second kappa shape index (κ2) is 5.74. The zero-order valence-corrected chi connectivity index (χ0v) is 11.9. The molecule has 5 heteroatoms. The molecule has 0 saturated heterocycles. The van der Waals surface area contributed by atoms with Gasteiger partial charge in [0.25, 0.3) is 0 Å². The van der Waals surface area contributed by atoms with Gasteiger partial charge in [0.05, 0.1) is 5.92 Å². The van der Waals surface area contributed by atoms with Crippen LogP contribution in [0.4, 0.5) is 10.1 Å². The fourth-order valence-corrected chi connectivity index (χ4v) is 2.54. The van der Waals surface area contributed by atoms with E-state index in [1.165, 1.54) is 12.1 Å². The van der Waals surface area contributed by atoms with Crippen LogP contribution >= 0.6 is 11.6 Å². The predicted octanol–water partition coefficient (Wildman–Crippen LogP) is 3.67. The number of carbonyl (C=O) groups is 1. The van der Waals surface area contributed by atoms with Crippen molar-refractivity contribution in [1.82, 2.24) is 0 Å². The third kappa shape index (κ3) is 3.16. The van der Waals surface area contributed by atoms with Crippen LogP contribution in [0.1, 0.15) is 5.56 Å². The molecule has 1 aliphatic rings. The lowest BCUT2D eigenvalue weighted by Gasteiger charge is -2.24. The number of amides is 1. The molecule has 0 aliphatic carbocycles. The summed E-state index contributed by atoms with van der Waals surface area (Å²) in [6.07, 6.45) is 0.553. The SMILES string of the molecule is O=C(Nc1cccc(F)c1)[C@@H]1COc2ccc(Cl)cc2C1. The summed E-state index contributed by atoms with van der Waals surface area (Å²) in [6, 6.07) is 11.2. The standard InChI is InChI=1S/C16H13ClFNO2/c17-12-4-5-15-10(7-12)6-11(9-21-15)16(20)19-14-3-1-2-13(18)8-14/h1-5,7-8,11H,6,9H2,(H,19,20)/t11-/m0/s1. The van der Waals surface area contributed by atoms with E-state index in [1.54, 1.807) is 30.3 Å². The molecule has 1 atom stereocenters. The smallest absolute Gasteiger partial charge is 0.231 e. The van der Waals surface area contributed by atoms with Gasteiger partial charge in [-0.2, -0.15) is 0 Å². The van der Waals surface area contributed by atoms with Crippen LogP contribution < -0.4 is 10.1 Å². The van der Waals surface area contributed by atoms with Crippen molar-refractivity contribution in [3.63, 3.8) is 0 Å². The van der Waals surface area contributed by atoms with Crippen LogP contribution in [0.15, 0.2) is 42.5 Å². The summed E-state index contributed by atoms with van der Waals surface area (Å²) < 4.78 is 18.7. The van der Waals surface area contributed by atoms with Gasteiger partial charge in [-0.15, -0.1) is 0 Å². The van der Waals surface area contributed by atoms with E-state index in [-0.39, 0.29) is 17.6 Å². The zero-order chi connectivity index (χ0) is 14.8. The van der Waals surface area contributed by atoms with Crippen molar-refractivity contribution in [2.45, 2.75) is 6.42 Å². The van der Waals surface area contributed by atoms with E-state index in [2.05, 4.69) is 5.32 Å². The second-order valence-electron chi connectivity index (χ2n) is 4.96. The van der Waals surface area contributed by atoms with Crippen molar-refractivity contribution < 1.29 is 13.9 Å². The molecule has 0 radical (unpaired) electrons. The molecule has 1 N–H and O–H groups in total. The highest BCUT2D eigenvalue weighted by Gasteiger charge is 2.26. The van der Waals surface area contributed by atoms with Crippen LogP contribution in [0.5, 0.6) is 5.75 Å². The van der Waals surface area contributed by atoms with Crippen LogP contribution in [-0.2, 0) is 11.2 Å². The molecule has 108 valence electrons. The number of fused-ring (bicyclic) bond motifs is 1. The Kier molecular flexibility index (Phi) is 3.80. The van der Waals surface area contributed by atoms with Crippen LogP contribution in [0.25, 0.3) is 0 Å². The summed E-state index contributed by atoms with van der Waals surface area (Å²) in [4.78, 5) is 12.2. The minimum Gasteiger partial charge on any atom is -0.492 e. The average molecular weight is 306 g/mol. The van der Waals surface area contributed by atoms with Gasteiger partial charge in [-0.1, -0.05) is 17.7 Å². The summed E-state index contributed by atoms with van der Waals surface area (Å²) in [7, 11) is 0. The number of halogens is 2. The first kappa shape index (κ1) is 13.9. The lowest BCUT2D eigenvalue weighted by molar-refractivity contribution is -0.121. The zero-order valence-electron chi connectivity index (χ0n) is 11.1. The number of carbonyl (C=O) groups excluding carboxylic acids is 1. The van der Waals surface area contributed by atoms with Gasteiger partial charge < -0.3 is 10.1 Å². The molecule has 3 rings (SSSR count). The maximum absolute atomic E-state index is 13.1. The number of ether oxygens (including phenoxy) is 1. The normalized spacial score (nSPS) is 16.8. The summed E-state index contributed by atoms with van der Waals surface area (Å²) in [6.45, 7) is 0.301. The van der Waals surface area contributed by atoms with Crippen molar-refractivity contribution in [2.75, 3.05) is 11.9 Å². The molecule has 2 aromatic carbocycles. The van der Waals surface area contributed by atoms with Crippen molar-refractivity contribution in [3.8, 4) is 5.75 Å². The van der Waals surface area contributed by atoms with Crippen LogP contribution in [0.3, 0.4) is 0 Å². The predicted molar refractivity (Wildman–Crippen MR) is 79.2 cm³/mol. The average Bonchev–Trinajstić information content (AvgIpc) is 2.46. The van der Waals surface area contributed by atoms with E-state index >= 15 is 0 Å². The molecule has 0 spiro atoms. The minimum atomic E-state index is -0.384. The quantitative estimate of drug-likeness (QED) is 0.919. The summed E-state index contributed by atoms with van der Waals surface area (Å²) in [5, 5.41) is 3.32. The second-order valence-corrected chi connectivity index (χ2v) is 5.40. The highest BCUT2D eigenvalue weighted by molar-refractivity contribution is 6.30. The Morgan fingerprint density at radius 3 is 2.95 bits per heavy atom. The van der Waals surface area contributed by atoms with E-state index in [4.69, 9.17) is 16.3 Å². The molecule has 2 aromatic rings. The molecular weight excluding hydrogens is 293 g/mol. The summed E-state index contributed by atoms with van der Waals surface area (Å²) in [5.41, 5.74) is 1.35. The molecule has 0 bridgehead atoms. The third-order valence-corrected chi connectivity index (χ3v) is 3.63. The number of hydrogen-bond acceptors (Lipinski definition) is 2. The number of nitrogens with one attached hydrogen (secondary N) is 1. The van der Waals surface area contributed by atoms with E-state index < -0.39 is 0 Å². The highest BCUT2D eigenvalue weighted by Crippen LogP contribution is 2.30. The van der Waals surface area contributed by atoms with E-state index in [0.29, 0.717) is 23.7 Å². The van der Waals surface area contributed by atoms with Crippen molar-refractivity contribution in [1.29, 1.82) is 0 Å². The molecule has 3 nitrogen and oxygen atoms in total. The molecule has 0 fully saturated rings. The monoisotopic (exact) mass is 305 g/mol. The molecule has 0 saturated carbocycles. The van der Waals surface area contributed by atoms with E-state index in [1.807, 2.05) is 0 Å². The Balaban J connectivity index is 1.72. The van der Waals surface area contributed by atoms with Gasteiger partial charge in [-0.3, -0.25) is 4.79 Å². The number of benzene rings is 2. The number of rotatable bonds is 2. The molecule has 0 aromatic heterocycles. The molecule has 1 amide bonds. The van der Waals surface area contributed by atoms with Gasteiger partial charge in [0.1, 0.15) is 18.2 Å². The topological polar surface area (TPSA) is 38.3 Å². The molecular formula is C16H13ClFNO2. The van der Waals surface area contributed by atoms with Crippen LogP contribution in [0.2, 0.25) is 5.02 Å². The Morgan fingerprint density at radius 2 is 2.14 bits per heavy atom. The van der Waals surface area contributed by atoms with Gasteiger partial charge in [0, 0.05) is 10.7 Å². The van der Waals surface area contributed by atoms with Gasteiger partial charge >= 0.3 is 0 Å².